The SMILES string of the molecule is CC(C(=O)N1CC(F)CC1C(F)(F)F)c1ccc(NC(=O)C(NC(=O)c2ccnn2C(C)C)C(C2CC2)C2CC2)c(F)c1. The van der Waals surface area contributed by atoms with Gasteiger partial charge in [0.25, 0.3) is 5.91 Å². The normalized spacial score (nSPS) is 22.1. The highest BCUT2D eigenvalue weighted by molar-refractivity contribution is 6.01. The van der Waals surface area contributed by atoms with Gasteiger partial charge < -0.3 is 15.5 Å². The number of hydrogen-bond donors (Lipinski definition) is 2. The molecule has 4 atom stereocenters. The Balaban J connectivity index is 1.33. The Morgan fingerprint density at radius 2 is 1.67 bits per heavy atom. The fourth-order valence-electron chi connectivity index (χ4n) is 6.19. The van der Waals surface area contributed by atoms with Crippen LogP contribution in [0.25, 0.3) is 0 Å². The number of likely N-dealkylation sites (tertiary alicyclic amines) is 1. The van der Waals surface area contributed by atoms with Gasteiger partial charge in [0.15, 0.2) is 0 Å². The number of amides is 3. The highest BCUT2D eigenvalue weighted by Gasteiger charge is 2.52. The predicted molar refractivity (Wildman–Crippen MR) is 147 cm³/mol. The summed E-state index contributed by atoms with van der Waals surface area (Å²) in [5, 5.41) is 9.66. The molecule has 3 aliphatic rings. The number of nitrogens with one attached hydrogen (secondary N) is 2. The summed E-state index contributed by atoms with van der Waals surface area (Å²) in [6.07, 6.45) is -2.15. The maximum absolute atomic E-state index is 15.3. The van der Waals surface area contributed by atoms with Crippen LogP contribution in [0, 0.1) is 23.6 Å². The van der Waals surface area contributed by atoms with E-state index >= 15 is 4.39 Å². The highest BCUT2D eigenvalue weighted by Crippen LogP contribution is 2.51. The number of anilines is 1. The van der Waals surface area contributed by atoms with Crippen molar-refractivity contribution in [2.45, 2.75) is 89.3 Å². The van der Waals surface area contributed by atoms with Crippen LogP contribution in [0.5, 0.6) is 0 Å². The van der Waals surface area contributed by atoms with Gasteiger partial charge in [-0.3, -0.25) is 19.1 Å². The minimum Gasteiger partial charge on any atom is -0.339 e. The third-order valence-electron chi connectivity index (χ3n) is 8.71. The highest BCUT2D eigenvalue weighted by atomic mass is 19.4. The average molecular weight is 610 g/mol. The van der Waals surface area contributed by atoms with E-state index in [-0.39, 0.29) is 35.0 Å². The Labute approximate surface area is 246 Å². The van der Waals surface area contributed by atoms with E-state index < -0.39 is 66.9 Å². The van der Waals surface area contributed by atoms with Crippen molar-refractivity contribution in [3.63, 3.8) is 0 Å². The van der Waals surface area contributed by atoms with Crippen LogP contribution in [0.15, 0.2) is 30.5 Å². The third kappa shape index (κ3) is 6.70. The summed E-state index contributed by atoms with van der Waals surface area (Å²) in [7, 11) is 0. The van der Waals surface area contributed by atoms with Crippen molar-refractivity contribution in [1.29, 1.82) is 0 Å². The zero-order valence-electron chi connectivity index (χ0n) is 24.2. The van der Waals surface area contributed by atoms with E-state index in [1.807, 2.05) is 13.8 Å². The van der Waals surface area contributed by atoms with Crippen molar-refractivity contribution >= 4 is 23.4 Å². The zero-order chi connectivity index (χ0) is 31.2. The lowest BCUT2D eigenvalue weighted by Crippen LogP contribution is -2.50. The molecule has 4 unspecified atom stereocenters. The zero-order valence-corrected chi connectivity index (χ0v) is 24.2. The molecule has 2 N–H and O–H groups in total. The molecule has 1 saturated heterocycles. The Hall–Kier alpha value is -3.51. The van der Waals surface area contributed by atoms with Crippen molar-refractivity contribution in [1.82, 2.24) is 20.0 Å². The number of nitrogens with zero attached hydrogens (tertiary/aromatic N) is 3. The van der Waals surface area contributed by atoms with Crippen molar-refractivity contribution in [2.75, 3.05) is 11.9 Å². The lowest BCUT2D eigenvalue weighted by Gasteiger charge is -2.29. The van der Waals surface area contributed by atoms with E-state index in [0.717, 1.165) is 31.7 Å². The van der Waals surface area contributed by atoms with Crippen LogP contribution >= 0.6 is 0 Å². The third-order valence-corrected chi connectivity index (χ3v) is 8.71. The second-order valence-electron chi connectivity index (χ2n) is 12.3. The fourth-order valence-corrected chi connectivity index (χ4v) is 6.19. The van der Waals surface area contributed by atoms with Crippen molar-refractivity contribution in [3.05, 3.63) is 47.5 Å². The summed E-state index contributed by atoms with van der Waals surface area (Å²) in [4.78, 5) is 40.3. The molecule has 1 aromatic carbocycles. The van der Waals surface area contributed by atoms with Gasteiger partial charge in [0.2, 0.25) is 11.8 Å². The van der Waals surface area contributed by atoms with Crippen LogP contribution in [0.4, 0.5) is 27.6 Å². The maximum Gasteiger partial charge on any atom is 0.408 e. The first kappa shape index (κ1) is 30.9. The molecule has 2 heterocycles. The number of benzene rings is 1. The standard InChI is InChI=1S/C30H36F5N5O3/c1-15(2)40-23(10-11-36-40)27(41)38-26(25(17-4-5-17)18-6-7-18)28(42)37-22-9-8-19(12-21(22)32)16(3)29(43)39-14-20(31)13-24(39)30(33,34)35/h8-12,15-18,20,24-26H,4-7,13-14H2,1-3H3,(H,37,42)(H,38,41). The summed E-state index contributed by atoms with van der Waals surface area (Å²) < 4.78 is 70.9. The topological polar surface area (TPSA) is 96.3 Å². The smallest absolute Gasteiger partial charge is 0.339 e. The summed E-state index contributed by atoms with van der Waals surface area (Å²) in [5.41, 5.74) is 0.199. The van der Waals surface area contributed by atoms with Crippen molar-refractivity contribution < 1.29 is 36.3 Å². The first-order chi connectivity index (χ1) is 20.3. The molecule has 3 fully saturated rings. The monoisotopic (exact) mass is 609 g/mol. The van der Waals surface area contributed by atoms with Gasteiger partial charge in [-0.25, -0.2) is 8.78 Å². The van der Waals surface area contributed by atoms with Crippen LogP contribution in [-0.4, -0.2) is 63.4 Å². The molecule has 8 nitrogen and oxygen atoms in total. The Morgan fingerprint density at radius 3 is 2.23 bits per heavy atom. The molecule has 13 heteroatoms. The molecule has 0 spiro atoms. The van der Waals surface area contributed by atoms with E-state index in [1.165, 1.54) is 25.3 Å². The molecule has 3 amide bonds. The van der Waals surface area contributed by atoms with Gasteiger partial charge in [-0.1, -0.05) is 6.07 Å². The number of halogens is 5. The molecule has 5 rings (SSSR count). The number of rotatable bonds is 10. The molecule has 2 aliphatic carbocycles. The van der Waals surface area contributed by atoms with Gasteiger partial charge in [0.05, 0.1) is 18.2 Å². The van der Waals surface area contributed by atoms with E-state index in [9.17, 15) is 31.9 Å². The number of alkyl halides is 4. The van der Waals surface area contributed by atoms with Crippen LogP contribution in [-0.2, 0) is 9.59 Å². The van der Waals surface area contributed by atoms with E-state index in [2.05, 4.69) is 15.7 Å². The van der Waals surface area contributed by atoms with E-state index in [1.54, 1.807) is 10.7 Å². The summed E-state index contributed by atoms with van der Waals surface area (Å²) >= 11 is 0. The molecule has 234 valence electrons. The van der Waals surface area contributed by atoms with Gasteiger partial charge in [-0.15, -0.1) is 0 Å². The quantitative estimate of drug-likeness (QED) is 0.354. The minimum atomic E-state index is -4.78. The lowest BCUT2D eigenvalue weighted by molar-refractivity contribution is -0.183. The second kappa shape index (κ2) is 11.9. The molecule has 0 radical (unpaired) electrons. The predicted octanol–water partition coefficient (Wildman–Crippen LogP) is 5.38. The Bertz CT molecular complexity index is 1360. The van der Waals surface area contributed by atoms with Gasteiger partial charge >= 0.3 is 6.18 Å². The molecule has 43 heavy (non-hydrogen) atoms. The fraction of sp³-hybridized carbons (Fsp3) is 0.600. The van der Waals surface area contributed by atoms with Crippen LogP contribution in [0.1, 0.15) is 80.9 Å². The molecule has 2 aromatic rings. The summed E-state index contributed by atoms with van der Waals surface area (Å²) in [6, 6.07) is 1.89. The van der Waals surface area contributed by atoms with E-state index in [4.69, 9.17) is 0 Å². The maximum atomic E-state index is 15.3. The summed E-state index contributed by atoms with van der Waals surface area (Å²) in [5.74, 6) is -3.64. The largest absolute Gasteiger partial charge is 0.408 e. The van der Waals surface area contributed by atoms with Gasteiger partial charge in [-0.05, 0) is 88.0 Å². The average Bonchev–Trinajstić information content (AvgIpc) is 3.87. The van der Waals surface area contributed by atoms with Gasteiger partial charge in [0.1, 0.15) is 29.8 Å². The molecule has 1 aromatic heterocycles. The minimum absolute atomic E-state index is 0.0872. The number of carbonyl (C=O) groups excluding carboxylic acids is 3. The van der Waals surface area contributed by atoms with Crippen molar-refractivity contribution in [2.24, 2.45) is 17.8 Å². The van der Waals surface area contributed by atoms with Crippen LogP contribution < -0.4 is 10.6 Å². The van der Waals surface area contributed by atoms with Gasteiger partial charge in [0, 0.05) is 18.7 Å². The first-order valence-corrected chi connectivity index (χ1v) is 14.7. The Morgan fingerprint density at radius 1 is 1.02 bits per heavy atom. The second-order valence-corrected chi connectivity index (χ2v) is 12.3. The van der Waals surface area contributed by atoms with Crippen molar-refractivity contribution in [3.8, 4) is 0 Å². The van der Waals surface area contributed by atoms with Crippen LogP contribution in [0.2, 0.25) is 0 Å². The molecular formula is C30H36F5N5O3. The number of hydrogen-bond acceptors (Lipinski definition) is 4. The molecular weight excluding hydrogens is 573 g/mol. The van der Waals surface area contributed by atoms with E-state index in [0.29, 0.717) is 10.6 Å². The van der Waals surface area contributed by atoms with Crippen LogP contribution in [0.3, 0.4) is 0 Å². The molecule has 2 saturated carbocycles. The number of aromatic nitrogens is 2. The molecule has 0 bridgehead atoms. The van der Waals surface area contributed by atoms with Gasteiger partial charge in [-0.2, -0.15) is 18.3 Å². The number of carbonyl (C=O) groups is 3. The molecule has 1 aliphatic heterocycles. The summed E-state index contributed by atoms with van der Waals surface area (Å²) in [6.45, 7) is 4.41. The Kier molecular flexibility index (Phi) is 8.54. The lowest BCUT2D eigenvalue weighted by atomic mass is 9.88. The first-order valence-electron chi connectivity index (χ1n) is 14.7.